The number of nitrogens with zero attached hydrogens (tertiary/aromatic N) is 1. The average molecular weight is 495 g/mol. The van der Waals surface area contributed by atoms with E-state index in [-0.39, 0.29) is 5.91 Å². The molecule has 182 valence electrons. The second kappa shape index (κ2) is 10.3. The van der Waals surface area contributed by atoms with Crippen LogP contribution in [0.15, 0.2) is 52.9 Å². The Labute approximate surface area is 209 Å². The zero-order valence-corrected chi connectivity index (χ0v) is 21.0. The number of aromatic nitrogens is 1. The number of fused-ring (bicyclic) bond motifs is 1. The van der Waals surface area contributed by atoms with Crippen LogP contribution in [0.3, 0.4) is 0 Å². The Morgan fingerprint density at radius 2 is 1.74 bits per heavy atom. The number of hydrogen-bond acceptors (Lipinski definition) is 6. The number of hydrogen-bond donors (Lipinski definition) is 1. The number of oxazole rings is 1. The smallest absolute Gasteiger partial charge is 0.255 e. The molecule has 0 spiro atoms. The number of methoxy groups -OCH3 is 3. The van der Waals surface area contributed by atoms with Gasteiger partial charge >= 0.3 is 0 Å². The average Bonchev–Trinajstić information content (AvgIpc) is 3.31. The molecule has 0 saturated carbocycles. The maximum absolute atomic E-state index is 13.1. The predicted octanol–water partition coefficient (Wildman–Crippen LogP) is 6.94. The van der Waals surface area contributed by atoms with Crippen molar-refractivity contribution in [2.45, 2.75) is 26.2 Å². The van der Waals surface area contributed by atoms with Crippen LogP contribution in [0, 0.1) is 0 Å². The molecule has 0 radical (unpaired) electrons. The van der Waals surface area contributed by atoms with Gasteiger partial charge in [0.15, 0.2) is 17.1 Å². The summed E-state index contributed by atoms with van der Waals surface area (Å²) in [5.41, 5.74) is 4.14. The number of rotatable bonds is 8. The highest BCUT2D eigenvalue weighted by Crippen LogP contribution is 2.39. The van der Waals surface area contributed by atoms with Crippen molar-refractivity contribution in [2.75, 3.05) is 26.6 Å². The van der Waals surface area contributed by atoms with Gasteiger partial charge in [-0.05, 0) is 60.4 Å². The molecule has 0 fully saturated rings. The molecule has 0 unspecified atom stereocenters. The molecule has 4 rings (SSSR count). The highest BCUT2D eigenvalue weighted by molar-refractivity contribution is 6.34. The molecule has 0 aliphatic carbocycles. The molecule has 7 nitrogen and oxygen atoms in total. The van der Waals surface area contributed by atoms with Crippen molar-refractivity contribution in [3.63, 3.8) is 0 Å². The van der Waals surface area contributed by atoms with E-state index < -0.39 is 0 Å². The first kappa shape index (κ1) is 24.4. The van der Waals surface area contributed by atoms with Crippen LogP contribution in [-0.2, 0) is 0 Å². The van der Waals surface area contributed by atoms with E-state index >= 15 is 0 Å². The van der Waals surface area contributed by atoms with E-state index in [0.717, 1.165) is 11.9 Å². The first-order valence-electron chi connectivity index (χ1n) is 11.2. The normalized spacial score (nSPS) is 11.8. The predicted molar refractivity (Wildman–Crippen MR) is 137 cm³/mol. The van der Waals surface area contributed by atoms with Crippen molar-refractivity contribution in [1.82, 2.24) is 4.98 Å². The number of halogens is 1. The van der Waals surface area contributed by atoms with Crippen molar-refractivity contribution < 1.29 is 23.4 Å². The van der Waals surface area contributed by atoms with E-state index in [2.05, 4.69) is 36.3 Å². The summed E-state index contributed by atoms with van der Waals surface area (Å²) >= 11 is 6.40. The molecule has 1 aromatic heterocycles. The summed E-state index contributed by atoms with van der Waals surface area (Å²) in [6.45, 7) is 4.34. The molecule has 0 aliphatic rings. The van der Waals surface area contributed by atoms with Crippen molar-refractivity contribution >= 4 is 34.3 Å². The second-order valence-electron chi connectivity index (χ2n) is 8.12. The lowest BCUT2D eigenvalue weighted by Gasteiger charge is -2.14. The summed E-state index contributed by atoms with van der Waals surface area (Å²) in [5, 5.41) is 3.23. The van der Waals surface area contributed by atoms with Gasteiger partial charge in [-0.25, -0.2) is 4.98 Å². The van der Waals surface area contributed by atoms with E-state index in [9.17, 15) is 4.79 Å². The fourth-order valence-corrected chi connectivity index (χ4v) is 3.94. The summed E-state index contributed by atoms with van der Waals surface area (Å²) in [7, 11) is 4.49. The Balaban J connectivity index is 1.65. The molecule has 0 bridgehead atoms. The van der Waals surface area contributed by atoms with Crippen LogP contribution in [-0.4, -0.2) is 32.2 Å². The third-order valence-electron chi connectivity index (χ3n) is 5.98. The summed E-state index contributed by atoms with van der Waals surface area (Å²) in [4.78, 5) is 17.7. The SMILES string of the molecule is CC[C@H](C)c1ccc2oc(-c3ccc(Cl)c(NC(=O)c4cc(OC)c(OC)c(OC)c4)c3)nc2c1. The van der Waals surface area contributed by atoms with Crippen molar-refractivity contribution in [1.29, 1.82) is 0 Å². The van der Waals surface area contributed by atoms with Crippen molar-refractivity contribution in [3.8, 4) is 28.7 Å². The molecular formula is C27H27ClN2O5. The molecule has 0 saturated heterocycles. The van der Waals surface area contributed by atoms with Crippen LogP contribution < -0.4 is 19.5 Å². The highest BCUT2D eigenvalue weighted by Gasteiger charge is 2.19. The first-order chi connectivity index (χ1) is 16.9. The minimum absolute atomic E-state index is 0.320. The monoisotopic (exact) mass is 494 g/mol. The van der Waals surface area contributed by atoms with Gasteiger partial charge in [0.2, 0.25) is 11.6 Å². The minimum Gasteiger partial charge on any atom is -0.493 e. The van der Waals surface area contributed by atoms with Gasteiger partial charge < -0.3 is 23.9 Å². The molecule has 0 aliphatic heterocycles. The maximum Gasteiger partial charge on any atom is 0.255 e. The Kier molecular flexibility index (Phi) is 7.17. The van der Waals surface area contributed by atoms with Crippen LogP contribution in [0.4, 0.5) is 5.69 Å². The highest BCUT2D eigenvalue weighted by atomic mass is 35.5. The summed E-state index contributed by atoms with van der Waals surface area (Å²) < 4.78 is 22.0. The molecule has 8 heteroatoms. The van der Waals surface area contributed by atoms with Gasteiger partial charge in [0.05, 0.1) is 32.0 Å². The third kappa shape index (κ3) is 4.91. The molecule has 3 aromatic carbocycles. The lowest BCUT2D eigenvalue weighted by Crippen LogP contribution is -2.13. The Morgan fingerprint density at radius 3 is 2.37 bits per heavy atom. The van der Waals surface area contributed by atoms with Gasteiger partial charge in [-0.1, -0.05) is 31.5 Å². The largest absolute Gasteiger partial charge is 0.493 e. The van der Waals surface area contributed by atoms with Crippen LogP contribution >= 0.6 is 11.6 Å². The Morgan fingerprint density at radius 1 is 1.03 bits per heavy atom. The van der Waals surface area contributed by atoms with E-state index in [1.165, 1.54) is 26.9 Å². The summed E-state index contributed by atoms with van der Waals surface area (Å²) in [6, 6.07) is 14.4. The Hall–Kier alpha value is -3.71. The maximum atomic E-state index is 13.1. The zero-order valence-electron chi connectivity index (χ0n) is 20.3. The van der Waals surface area contributed by atoms with E-state index in [1.807, 2.05) is 6.07 Å². The summed E-state index contributed by atoms with van der Waals surface area (Å²) in [6.07, 6.45) is 1.04. The summed E-state index contributed by atoms with van der Waals surface area (Å²) in [5.74, 6) is 1.65. The van der Waals surface area contributed by atoms with Crippen LogP contribution in [0.1, 0.15) is 42.1 Å². The second-order valence-corrected chi connectivity index (χ2v) is 8.53. The standard InChI is InChI=1S/C27H27ClN2O5/c1-6-15(2)16-8-10-22-21(11-16)30-27(35-22)17-7-9-19(28)20(12-17)29-26(31)18-13-23(32-3)25(34-5)24(14-18)33-4/h7-15H,6H2,1-5H3,(H,29,31)/t15-/m0/s1. The molecule has 1 amide bonds. The van der Waals surface area contributed by atoms with E-state index in [0.29, 0.717) is 56.5 Å². The van der Waals surface area contributed by atoms with E-state index in [4.69, 9.17) is 30.2 Å². The van der Waals surface area contributed by atoms with Crippen LogP contribution in [0.5, 0.6) is 17.2 Å². The number of nitrogens with one attached hydrogen (secondary N) is 1. The number of carbonyl (C=O) groups is 1. The number of anilines is 1. The number of amides is 1. The number of benzene rings is 3. The van der Waals surface area contributed by atoms with Crippen molar-refractivity contribution in [3.05, 3.63) is 64.7 Å². The van der Waals surface area contributed by atoms with Gasteiger partial charge in [0.25, 0.3) is 5.91 Å². The fourth-order valence-electron chi connectivity index (χ4n) is 3.77. The topological polar surface area (TPSA) is 82.8 Å². The number of ether oxygens (including phenoxy) is 3. The fraction of sp³-hybridized carbons (Fsp3) is 0.259. The Bertz CT molecular complexity index is 1360. The molecule has 1 atom stereocenters. The molecular weight excluding hydrogens is 468 g/mol. The zero-order chi connectivity index (χ0) is 25.1. The third-order valence-corrected chi connectivity index (χ3v) is 6.31. The van der Waals surface area contributed by atoms with Crippen LogP contribution in [0.25, 0.3) is 22.6 Å². The van der Waals surface area contributed by atoms with E-state index in [1.54, 1.807) is 30.3 Å². The first-order valence-corrected chi connectivity index (χ1v) is 11.6. The molecule has 4 aromatic rings. The van der Waals surface area contributed by atoms with Gasteiger partial charge in [-0.15, -0.1) is 0 Å². The van der Waals surface area contributed by atoms with Crippen molar-refractivity contribution in [2.24, 2.45) is 0 Å². The number of carbonyl (C=O) groups excluding carboxylic acids is 1. The molecule has 1 N–H and O–H groups in total. The van der Waals surface area contributed by atoms with Crippen LogP contribution in [0.2, 0.25) is 5.02 Å². The molecule has 1 heterocycles. The van der Waals surface area contributed by atoms with Gasteiger partial charge in [-0.2, -0.15) is 0 Å². The lowest BCUT2D eigenvalue weighted by molar-refractivity contribution is 0.102. The lowest BCUT2D eigenvalue weighted by atomic mass is 9.98. The quantitative estimate of drug-likeness (QED) is 0.285. The minimum atomic E-state index is -0.390. The van der Waals surface area contributed by atoms with Gasteiger partial charge in [-0.3, -0.25) is 4.79 Å². The van der Waals surface area contributed by atoms with Gasteiger partial charge in [0, 0.05) is 11.1 Å². The van der Waals surface area contributed by atoms with Gasteiger partial charge in [0.1, 0.15) is 5.52 Å². The molecule has 35 heavy (non-hydrogen) atoms.